The van der Waals surface area contributed by atoms with Crippen LogP contribution in [0, 0.1) is 0 Å². The first kappa shape index (κ1) is 11.0. The molecule has 0 amide bonds. The van der Waals surface area contributed by atoms with Crippen molar-refractivity contribution in [1.29, 1.82) is 0 Å². The van der Waals surface area contributed by atoms with E-state index in [1.54, 1.807) is 0 Å². The quantitative estimate of drug-likeness (QED) is 0.621. The maximum Gasteiger partial charge on any atom is 0.0710 e. The van der Waals surface area contributed by atoms with Crippen LogP contribution >= 0.6 is 0 Å². The van der Waals surface area contributed by atoms with Gasteiger partial charge in [0.15, 0.2) is 0 Å². The minimum atomic E-state index is 0.415. The van der Waals surface area contributed by atoms with Gasteiger partial charge in [-0.1, -0.05) is 13.8 Å². The number of nitrogens with zero attached hydrogens (tertiary/aromatic N) is 1. The molecule has 0 aromatic carbocycles. The molecule has 1 atom stereocenters. The molecular weight excluding hydrogens is 160 g/mol. The molecule has 0 saturated carbocycles. The molecule has 2 heteroatoms. The van der Waals surface area contributed by atoms with Crippen molar-refractivity contribution in [2.24, 2.45) is 0 Å². The molecule has 1 N–H and O–H groups in total. The smallest absolute Gasteiger partial charge is 0.0710 e. The Morgan fingerprint density at radius 1 is 1.08 bits per heavy atom. The average Bonchev–Trinajstić information content (AvgIpc) is 2.53. The Morgan fingerprint density at radius 3 is 2.23 bits per heavy atom. The molecule has 2 aliphatic rings. The van der Waals surface area contributed by atoms with Gasteiger partial charge < -0.3 is 0 Å². The summed E-state index contributed by atoms with van der Waals surface area (Å²) in [7, 11) is 2.26. The number of likely N-dealkylation sites (tertiary alicyclic amines) is 1. The van der Waals surface area contributed by atoms with Crippen LogP contribution in [0.5, 0.6) is 0 Å². The second kappa shape index (κ2) is 4.97. The molecule has 2 saturated heterocycles. The van der Waals surface area contributed by atoms with Gasteiger partial charge in [-0.15, -0.1) is 0 Å². The lowest BCUT2D eigenvalue weighted by molar-refractivity contribution is 0.0947. The van der Waals surface area contributed by atoms with E-state index in [1.807, 2.05) is 13.8 Å². The van der Waals surface area contributed by atoms with E-state index in [1.165, 1.54) is 45.2 Å². The van der Waals surface area contributed by atoms with E-state index in [0.29, 0.717) is 5.66 Å². The van der Waals surface area contributed by atoms with E-state index in [9.17, 15) is 0 Å². The van der Waals surface area contributed by atoms with E-state index in [4.69, 9.17) is 0 Å². The van der Waals surface area contributed by atoms with E-state index in [2.05, 4.69) is 17.3 Å². The fraction of sp³-hybridized carbons (Fsp3) is 1.00. The van der Waals surface area contributed by atoms with Gasteiger partial charge in [0.2, 0.25) is 0 Å². The van der Waals surface area contributed by atoms with Gasteiger partial charge in [-0.25, -0.2) is 0 Å². The lowest BCUT2D eigenvalue weighted by Gasteiger charge is -2.40. The van der Waals surface area contributed by atoms with Gasteiger partial charge in [-0.3, -0.25) is 10.2 Å². The third-order valence-corrected chi connectivity index (χ3v) is 3.29. The Bertz CT molecular complexity index is 139. The molecule has 0 aromatic rings. The van der Waals surface area contributed by atoms with Gasteiger partial charge in [-0.2, -0.15) is 0 Å². The SMILES string of the molecule is CC.CN1CCCC12CCCCN2. The molecule has 78 valence electrons. The molecule has 2 fully saturated rings. The second-order valence-corrected chi connectivity index (χ2v) is 3.94. The highest BCUT2D eigenvalue weighted by atomic mass is 15.3. The summed E-state index contributed by atoms with van der Waals surface area (Å²) < 4.78 is 0. The number of nitrogens with one attached hydrogen (secondary N) is 1. The fourth-order valence-electron chi connectivity index (χ4n) is 2.50. The summed E-state index contributed by atoms with van der Waals surface area (Å²) in [4.78, 5) is 2.51. The van der Waals surface area contributed by atoms with Crippen LogP contribution in [-0.4, -0.2) is 30.7 Å². The van der Waals surface area contributed by atoms with Crippen molar-refractivity contribution >= 4 is 0 Å². The molecule has 0 radical (unpaired) electrons. The maximum atomic E-state index is 3.67. The van der Waals surface area contributed by atoms with Crippen LogP contribution in [0.4, 0.5) is 0 Å². The molecule has 2 aliphatic heterocycles. The van der Waals surface area contributed by atoms with Crippen molar-refractivity contribution in [3.05, 3.63) is 0 Å². The third-order valence-electron chi connectivity index (χ3n) is 3.29. The molecule has 0 aliphatic carbocycles. The summed E-state index contributed by atoms with van der Waals surface area (Å²) in [5.74, 6) is 0. The highest BCUT2D eigenvalue weighted by molar-refractivity contribution is 4.93. The van der Waals surface area contributed by atoms with Gasteiger partial charge in [0.05, 0.1) is 5.66 Å². The van der Waals surface area contributed by atoms with Gasteiger partial charge >= 0.3 is 0 Å². The van der Waals surface area contributed by atoms with Crippen molar-refractivity contribution in [2.45, 2.75) is 51.6 Å². The van der Waals surface area contributed by atoms with Crippen molar-refractivity contribution in [1.82, 2.24) is 10.2 Å². The number of rotatable bonds is 0. The Labute approximate surface area is 82.7 Å². The van der Waals surface area contributed by atoms with E-state index < -0.39 is 0 Å². The van der Waals surface area contributed by atoms with Crippen molar-refractivity contribution in [3.8, 4) is 0 Å². The first-order chi connectivity index (χ1) is 6.33. The number of piperidine rings is 1. The van der Waals surface area contributed by atoms with Crippen LogP contribution in [-0.2, 0) is 0 Å². The topological polar surface area (TPSA) is 15.3 Å². The van der Waals surface area contributed by atoms with Gasteiger partial charge in [0.25, 0.3) is 0 Å². The summed E-state index contributed by atoms with van der Waals surface area (Å²) in [6, 6.07) is 0. The summed E-state index contributed by atoms with van der Waals surface area (Å²) >= 11 is 0. The summed E-state index contributed by atoms with van der Waals surface area (Å²) in [6.45, 7) is 6.51. The zero-order chi connectivity index (χ0) is 9.73. The Morgan fingerprint density at radius 2 is 1.77 bits per heavy atom. The van der Waals surface area contributed by atoms with Crippen LogP contribution in [0.3, 0.4) is 0 Å². The van der Waals surface area contributed by atoms with Crippen LogP contribution in [0.15, 0.2) is 0 Å². The van der Waals surface area contributed by atoms with Crippen molar-refractivity contribution in [3.63, 3.8) is 0 Å². The average molecular weight is 184 g/mol. The lowest BCUT2D eigenvalue weighted by Crippen LogP contribution is -2.55. The predicted octanol–water partition coefficient (Wildman–Crippen LogP) is 2.21. The van der Waals surface area contributed by atoms with E-state index in [0.717, 1.165) is 0 Å². The number of hydrogen-bond donors (Lipinski definition) is 1. The van der Waals surface area contributed by atoms with E-state index >= 15 is 0 Å². The fourth-order valence-corrected chi connectivity index (χ4v) is 2.50. The predicted molar refractivity (Wildman–Crippen MR) is 57.8 cm³/mol. The monoisotopic (exact) mass is 184 g/mol. The maximum absolute atomic E-state index is 3.67. The zero-order valence-corrected chi connectivity index (χ0v) is 9.40. The molecular formula is C11H24N2. The van der Waals surface area contributed by atoms with Crippen LogP contribution in [0.2, 0.25) is 0 Å². The zero-order valence-electron chi connectivity index (χ0n) is 9.40. The highest BCUT2D eigenvalue weighted by Gasteiger charge is 2.38. The lowest BCUT2D eigenvalue weighted by atomic mass is 9.95. The second-order valence-electron chi connectivity index (χ2n) is 3.94. The van der Waals surface area contributed by atoms with Crippen molar-refractivity contribution in [2.75, 3.05) is 20.1 Å². The third kappa shape index (κ3) is 2.23. The van der Waals surface area contributed by atoms with E-state index in [-0.39, 0.29) is 0 Å². The molecule has 0 bridgehead atoms. The molecule has 2 heterocycles. The molecule has 2 rings (SSSR count). The van der Waals surface area contributed by atoms with Gasteiger partial charge in [-0.05, 0) is 52.2 Å². The minimum absolute atomic E-state index is 0.415. The normalized spacial score (nSPS) is 34.4. The number of hydrogen-bond acceptors (Lipinski definition) is 2. The van der Waals surface area contributed by atoms with Crippen LogP contribution in [0.1, 0.15) is 46.0 Å². The highest BCUT2D eigenvalue weighted by Crippen LogP contribution is 2.32. The first-order valence-corrected chi connectivity index (χ1v) is 5.80. The van der Waals surface area contributed by atoms with Gasteiger partial charge in [0, 0.05) is 0 Å². The summed E-state index contributed by atoms with van der Waals surface area (Å²) in [5.41, 5.74) is 0.415. The Balaban J connectivity index is 0.000000396. The molecule has 1 spiro atoms. The van der Waals surface area contributed by atoms with Gasteiger partial charge in [0.1, 0.15) is 0 Å². The Kier molecular flexibility index (Phi) is 4.20. The molecule has 1 unspecified atom stereocenters. The largest absolute Gasteiger partial charge is 0.299 e. The van der Waals surface area contributed by atoms with Crippen molar-refractivity contribution < 1.29 is 0 Å². The minimum Gasteiger partial charge on any atom is -0.299 e. The molecule has 0 aromatic heterocycles. The van der Waals surface area contributed by atoms with Crippen LogP contribution < -0.4 is 5.32 Å². The Hall–Kier alpha value is -0.0800. The summed E-state index contributed by atoms with van der Waals surface area (Å²) in [6.07, 6.45) is 6.89. The van der Waals surface area contributed by atoms with Crippen LogP contribution in [0.25, 0.3) is 0 Å². The molecule has 13 heavy (non-hydrogen) atoms. The molecule has 2 nitrogen and oxygen atoms in total. The standard InChI is InChI=1S/C9H18N2.C2H6/c1-11-8-4-6-9(11)5-2-3-7-10-9;1-2/h10H,2-8H2,1H3;1-2H3. The first-order valence-electron chi connectivity index (χ1n) is 5.80. The summed E-state index contributed by atoms with van der Waals surface area (Å²) in [5, 5.41) is 3.67.